The van der Waals surface area contributed by atoms with Gasteiger partial charge in [0.2, 0.25) is 0 Å². The summed E-state index contributed by atoms with van der Waals surface area (Å²) in [4.78, 5) is 10.4. The van der Waals surface area contributed by atoms with Gasteiger partial charge in [0.25, 0.3) is 0 Å². The number of nitrogens with zero attached hydrogens (tertiary/aromatic N) is 1. The number of hydrogen-bond acceptors (Lipinski definition) is 4. The number of nitro groups is 1. The quantitative estimate of drug-likeness (QED) is 0.637. The van der Waals surface area contributed by atoms with Gasteiger partial charge in [-0.15, -0.1) is 0 Å². The number of halogens is 1. The SMILES string of the molecule is CCC(N)(CC)COc1cccc(Cl)c1[N+](=O)[O-]. The van der Waals surface area contributed by atoms with Gasteiger partial charge in [0.15, 0.2) is 5.75 Å². The highest BCUT2D eigenvalue weighted by Gasteiger charge is 2.25. The molecular formula is C12H17ClN2O3. The summed E-state index contributed by atoms with van der Waals surface area (Å²) in [5.41, 5.74) is 5.39. The van der Waals surface area contributed by atoms with Crippen molar-refractivity contribution in [3.8, 4) is 5.75 Å². The van der Waals surface area contributed by atoms with E-state index in [0.717, 1.165) is 12.8 Å². The van der Waals surface area contributed by atoms with E-state index in [0.29, 0.717) is 0 Å². The van der Waals surface area contributed by atoms with Gasteiger partial charge in [-0.25, -0.2) is 0 Å². The van der Waals surface area contributed by atoms with Crippen LogP contribution in [0.4, 0.5) is 5.69 Å². The molecular weight excluding hydrogens is 256 g/mol. The standard InChI is InChI=1S/C12H17ClN2O3/c1-3-12(14,4-2)8-18-10-7-5-6-9(13)11(10)15(16)17/h5-7H,3-4,8,14H2,1-2H3. The van der Waals surface area contributed by atoms with Crippen molar-refractivity contribution in [3.05, 3.63) is 33.3 Å². The fourth-order valence-electron chi connectivity index (χ4n) is 1.46. The van der Waals surface area contributed by atoms with E-state index in [2.05, 4.69) is 0 Å². The lowest BCUT2D eigenvalue weighted by molar-refractivity contribution is -0.385. The molecule has 1 aromatic carbocycles. The normalized spacial score (nSPS) is 11.3. The molecule has 0 amide bonds. The number of para-hydroxylation sites is 1. The average molecular weight is 273 g/mol. The topological polar surface area (TPSA) is 78.4 Å². The molecule has 2 N–H and O–H groups in total. The summed E-state index contributed by atoms with van der Waals surface area (Å²) in [5.74, 6) is 0.157. The van der Waals surface area contributed by atoms with Gasteiger partial charge in [-0.3, -0.25) is 10.1 Å². The molecule has 0 saturated carbocycles. The van der Waals surface area contributed by atoms with Crippen LogP contribution in [0.3, 0.4) is 0 Å². The van der Waals surface area contributed by atoms with Crippen LogP contribution < -0.4 is 10.5 Å². The smallest absolute Gasteiger partial charge is 0.329 e. The van der Waals surface area contributed by atoms with Crippen molar-refractivity contribution in [2.45, 2.75) is 32.2 Å². The van der Waals surface area contributed by atoms with E-state index in [1.165, 1.54) is 12.1 Å². The third-order valence-corrected chi connectivity index (χ3v) is 3.36. The fourth-order valence-corrected chi connectivity index (χ4v) is 1.70. The highest BCUT2D eigenvalue weighted by molar-refractivity contribution is 6.32. The molecule has 0 aliphatic rings. The molecule has 6 heteroatoms. The average Bonchev–Trinajstić information content (AvgIpc) is 2.35. The number of nitro benzene ring substituents is 1. The second-order valence-corrected chi connectivity index (χ2v) is 4.61. The summed E-state index contributed by atoms with van der Waals surface area (Å²) in [5, 5.41) is 11.0. The summed E-state index contributed by atoms with van der Waals surface area (Å²) in [6.07, 6.45) is 1.47. The van der Waals surface area contributed by atoms with E-state index in [9.17, 15) is 10.1 Å². The Bertz CT molecular complexity index is 433. The molecule has 1 aromatic rings. The molecule has 5 nitrogen and oxygen atoms in total. The van der Waals surface area contributed by atoms with Gasteiger partial charge in [0.05, 0.1) is 4.92 Å². The van der Waals surface area contributed by atoms with Gasteiger partial charge >= 0.3 is 5.69 Å². The van der Waals surface area contributed by atoms with Crippen LogP contribution in [0.2, 0.25) is 5.02 Å². The zero-order valence-corrected chi connectivity index (χ0v) is 11.2. The minimum atomic E-state index is -0.548. The Hall–Kier alpha value is -1.33. The minimum absolute atomic E-state index is 0.0631. The Kier molecular flexibility index (Phi) is 4.93. The van der Waals surface area contributed by atoms with E-state index in [1.54, 1.807) is 6.07 Å². The molecule has 1 rings (SSSR count). The van der Waals surface area contributed by atoms with Crippen molar-refractivity contribution >= 4 is 17.3 Å². The first kappa shape index (κ1) is 14.7. The Labute approximate surface area is 111 Å². The van der Waals surface area contributed by atoms with Crippen molar-refractivity contribution < 1.29 is 9.66 Å². The van der Waals surface area contributed by atoms with Crippen LogP contribution in [0.5, 0.6) is 5.75 Å². The minimum Gasteiger partial charge on any atom is -0.485 e. The second-order valence-electron chi connectivity index (χ2n) is 4.20. The van der Waals surface area contributed by atoms with Gasteiger partial charge < -0.3 is 10.5 Å². The van der Waals surface area contributed by atoms with Gasteiger partial charge in [-0.1, -0.05) is 31.5 Å². The van der Waals surface area contributed by atoms with Crippen molar-refractivity contribution in [1.82, 2.24) is 0 Å². The number of ether oxygens (including phenoxy) is 1. The van der Waals surface area contributed by atoms with Crippen molar-refractivity contribution in [2.24, 2.45) is 5.73 Å². The number of rotatable bonds is 6. The Morgan fingerprint density at radius 2 is 2.06 bits per heavy atom. The van der Waals surface area contributed by atoms with Crippen LogP contribution >= 0.6 is 11.6 Å². The van der Waals surface area contributed by atoms with E-state index in [4.69, 9.17) is 22.1 Å². The Morgan fingerprint density at radius 1 is 1.44 bits per heavy atom. The van der Waals surface area contributed by atoms with E-state index in [1.807, 2.05) is 13.8 Å². The summed E-state index contributed by atoms with van der Waals surface area (Å²) < 4.78 is 5.48. The van der Waals surface area contributed by atoms with Crippen molar-refractivity contribution in [1.29, 1.82) is 0 Å². The monoisotopic (exact) mass is 272 g/mol. The lowest BCUT2D eigenvalue weighted by Gasteiger charge is -2.26. The molecule has 0 aromatic heterocycles. The van der Waals surface area contributed by atoms with Crippen LogP contribution in [0.1, 0.15) is 26.7 Å². The van der Waals surface area contributed by atoms with Crippen LogP contribution in [0.15, 0.2) is 18.2 Å². The van der Waals surface area contributed by atoms with Crippen LogP contribution in [0.25, 0.3) is 0 Å². The Balaban J connectivity index is 2.92. The molecule has 0 atom stereocenters. The summed E-state index contributed by atoms with van der Waals surface area (Å²) in [6, 6.07) is 4.60. The zero-order chi connectivity index (χ0) is 13.8. The van der Waals surface area contributed by atoms with Crippen molar-refractivity contribution in [2.75, 3.05) is 6.61 Å². The van der Waals surface area contributed by atoms with Crippen LogP contribution in [-0.4, -0.2) is 17.1 Å². The molecule has 0 aliphatic heterocycles. The fraction of sp³-hybridized carbons (Fsp3) is 0.500. The number of hydrogen-bond donors (Lipinski definition) is 1. The van der Waals surface area contributed by atoms with Gasteiger partial charge in [0.1, 0.15) is 11.6 Å². The highest BCUT2D eigenvalue weighted by Crippen LogP contribution is 2.34. The van der Waals surface area contributed by atoms with E-state index < -0.39 is 10.5 Å². The Morgan fingerprint density at radius 3 is 2.56 bits per heavy atom. The first-order valence-electron chi connectivity index (χ1n) is 5.78. The van der Waals surface area contributed by atoms with Crippen molar-refractivity contribution in [3.63, 3.8) is 0 Å². The first-order valence-corrected chi connectivity index (χ1v) is 6.16. The molecule has 0 aliphatic carbocycles. The molecule has 100 valence electrons. The van der Waals surface area contributed by atoms with Crippen LogP contribution in [0, 0.1) is 10.1 Å². The zero-order valence-electron chi connectivity index (χ0n) is 10.5. The molecule has 18 heavy (non-hydrogen) atoms. The molecule has 0 bridgehead atoms. The third kappa shape index (κ3) is 3.34. The predicted octanol–water partition coefficient (Wildman–Crippen LogP) is 3.14. The third-order valence-electron chi connectivity index (χ3n) is 3.06. The lowest BCUT2D eigenvalue weighted by Crippen LogP contribution is -2.44. The number of benzene rings is 1. The summed E-state index contributed by atoms with van der Waals surface area (Å²) in [6.45, 7) is 4.14. The first-order chi connectivity index (χ1) is 8.43. The molecule has 0 spiro atoms. The predicted molar refractivity (Wildman–Crippen MR) is 71.1 cm³/mol. The molecule has 0 fully saturated rings. The molecule has 0 radical (unpaired) electrons. The largest absolute Gasteiger partial charge is 0.485 e. The second kappa shape index (κ2) is 6.02. The summed E-state index contributed by atoms with van der Waals surface area (Å²) in [7, 11) is 0. The summed E-state index contributed by atoms with van der Waals surface area (Å²) >= 11 is 5.79. The van der Waals surface area contributed by atoms with E-state index >= 15 is 0 Å². The lowest BCUT2D eigenvalue weighted by atomic mass is 9.96. The van der Waals surface area contributed by atoms with Crippen LogP contribution in [-0.2, 0) is 0 Å². The molecule has 0 unspecified atom stereocenters. The molecule has 0 saturated heterocycles. The van der Waals surface area contributed by atoms with Gasteiger partial charge in [-0.2, -0.15) is 0 Å². The highest BCUT2D eigenvalue weighted by atomic mass is 35.5. The number of nitrogens with two attached hydrogens (primary N) is 1. The maximum absolute atomic E-state index is 10.9. The van der Waals surface area contributed by atoms with E-state index in [-0.39, 0.29) is 23.1 Å². The van der Waals surface area contributed by atoms with Gasteiger partial charge in [-0.05, 0) is 25.0 Å². The maximum Gasteiger partial charge on any atom is 0.329 e. The maximum atomic E-state index is 10.9. The van der Waals surface area contributed by atoms with Gasteiger partial charge in [0, 0.05) is 5.54 Å². The molecule has 0 heterocycles.